The normalized spacial score (nSPS) is 15.3. The Labute approximate surface area is 524 Å². The van der Waals surface area contributed by atoms with Crippen LogP contribution < -0.4 is 0 Å². The average molecular weight is 1260 g/mol. The van der Waals surface area contributed by atoms with Crippen LogP contribution in [-0.4, -0.2) is 95.9 Å². The molecule has 0 amide bonds. The first kappa shape index (κ1) is 82.4. The van der Waals surface area contributed by atoms with Crippen molar-refractivity contribution in [2.45, 2.75) is 232 Å². The summed E-state index contributed by atoms with van der Waals surface area (Å²) in [5, 5.41) is 20.5. The summed E-state index contributed by atoms with van der Waals surface area (Å²) in [6, 6.07) is 0. The van der Waals surface area contributed by atoms with Crippen LogP contribution in [0.3, 0.4) is 0 Å². The largest absolute Gasteiger partial charge is 0.472 e. The number of carbonyl (C=O) groups is 3. The fraction of sp³-hybridized carbons (Fsp3) is 0.609. The Morgan fingerprint density at radius 3 is 1.05 bits per heavy atom. The Bertz CT molecular complexity index is 2170. The van der Waals surface area contributed by atoms with E-state index in [2.05, 4.69) is 154 Å². The molecule has 4 N–H and O–H groups in total. The molecule has 0 saturated heterocycles. The van der Waals surface area contributed by atoms with Gasteiger partial charge in [0.25, 0.3) is 0 Å². The van der Waals surface area contributed by atoms with E-state index in [1.54, 1.807) is 0 Å². The van der Waals surface area contributed by atoms with E-state index >= 15 is 0 Å². The molecule has 18 heteroatoms. The van der Waals surface area contributed by atoms with Crippen LogP contribution in [0.5, 0.6) is 0 Å². The van der Waals surface area contributed by atoms with Gasteiger partial charge in [-0.2, -0.15) is 0 Å². The number of carbonyl (C=O) groups excluding carboxylic acids is 3. The molecule has 0 rings (SSSR count). The van der Waals surface area contributed by atoms with Crippen molar-refractivity contribution >= 4 is 33.6 Å². The maximum atomic E-state index is 12.9. The summed E-state index contributed by atoms with van der Waals surface area (Å²) >= 11 is 0. The highest BCUT2D eigenvalue weighted by molar-refractivity contribution is 7.47. The third-order valence-electron chi connectivity index (χ3n) is 12.5. The number of aliphatic hydroxyl groups is 2. The summed E-state index contributed by atoms with van der Waals surface area (Å²) in [6.45, 7) is 2.25. The molecule has 0 aliphatic carbocycles. The summed E-state index contributed by atoms with van der Waals surface area (Å²) in [5.41, 5.74) is 0. The number of ether oxygens (including phenoxy) is 3. The number of unbranched alkanes of at least 4 members (excludes halogenated alkanes) is 12. The minimum absolute atomic E-state index is 0.0764. The number of rotatable bonds is 59. The van der Waals surface area contributed by atoms with Crippen molar-refractivity contribution in [2.24, 2.45) is 0 Å². The second-order valence-corrected chi connectivity index (χ2v) is 23.7. The van der Waals surface area contributed by atoms with Crippen LogP contribution >= 0.6 is 15.6 Å². The van der Waals surface area contributed by atoms with E-state index < -0.39 is 91.5 Å². The number of allylic oxidation sites excluding steroid dienone is 24. The van der Waals surface area contributed by atoms with Crippen LogP contribution in [0.4, 0.5) is 0 Å². The molecule has 87 heavy (non-hydrogen) atoms. The SMILES string of the molecule is CC/C=C\C/C=C\C/C=C\C/C=C\C/C=C\C/C=C\CCCCC(=O)OCC(O)COP(=O)(O)OCC(O)COP(=O)(O)OCC(COC(=O)CCC/C=C\C/C=C\C/C=C\C/C=C\C/C=C\CC)OC(=O)CCCCCCC/C=C\CCCCCC. The third-order valence-corrected chi connectivity index (χ3v) is 14.4. The van der Waals surface area contributed by atoms with E-state index in [4.69, 9.17) is 32.3 Å². The maximum absolute atomic E-state index is 12.9. The van der Waals surface area contributed by atoms with Crippen LogP contribution in [0.1, 0.15) is 213 Å². The smallest absolute Gasteiger partial charge is 0.463 e. The molecule has 5 unspecified atom stereocenters. The highest BCUT2D eigenvalue weighted by Crippen LogP contribution is 2.45. The summed E-state index contributed by atoms with van der Waals surface area (Å²) in [6.07, 6.45) is 72.1. The van der Waals surface area contributed by atoms with Gasteiger partial charge in [-0.25, -0.2) is 9.13 Å². The van der Waals surface area contributed by atoms with Gasteiger partial charge in [-0.15, -0.1) is 0 Å². The molecule has 0 aromatic rings. The number of hydrogen-bond donors (Lipinski definition) is 4. The quantitative estimate of drug-likeness (QED) is 0.0146. The molecule has 0 aliphatic heterocycles. The molecule has 494 valence electrons. The Hall–Kier alpha value is -4.57. The van der Waals surface area contributed by atoms with Gasteiger partial charge in [-0.3, -0.25) is 32.5 Å². The Kier molecular flexibility index (Phi) is 58.4. The van der Waals surface area contributed by atoms with Crippen LogP contribution in [-0.2, 0) is 55.8 Å². The molecule has 5 atom stereocenters. The lowest BCUT2D eigenvalue weighted by Crippen LogP contribution is -2.30. The zero-order valence-electron chi connectivity index (χ0n) is 53.1. The topological polar surface area (TPSA) is 231 Å². The van der Waals surface area contributed by atoms with Crippen molar-refractivity contribution in [3.05, 3.63) is 146 Å². The predicted octanol–water partition coefficient (Wildman–Crippen LogP) is 17.4. The van der Waals surface area contributed by atoms with E-state index in [-0.39, 0.29) is 19.3 Å². The van der Waals surface area contributed by atoms with Gasteiger partial charge in [0.15, 0.2) is 6.10 Å². The monoisotopic (exact) mass is 1260 g/mol. The Morgan fingerprint density at radius 2 is 0.621 bits per heavy atom. The summed E-state index contributed by atoms with van der Waals surface area (Å²) in [4.78, 5) is 58.2. The van der Waals surface area contributed by atoms with E-state index in [0.29, 0.717) is 25.7 Å². The number of aliphatic hydroxyl groups excluding tert-OH is 2. The highest BCUT2D eigenvalue weighted by Gasteiger charge is 2.29. The van der Waals surface area contributed by atoms with Gasteiger partial charge in [-0.05, 0) is 135 Å². The van der Waals surface area contributed by atoms with Gasteiger partial charge in [0.2, 0.25) is 0 Å². The van der Waals surface area contributed by atoms with Crippen LogP contribution in [0.25, 0.3) is 0 Å². The van der Waals surface area contributed by atoms with E-state index in [0.717, 1.165) is 122 Å². The molecule has 0 heterocycles. The lowest BCUT2D eigenvalue weighted by Gasteiger charge is -2.21. The first-order chi connectivity index (χ1) is 42.2. The first-order valence-corrected chi connectivity index (χ1v) is 35.1. The van der Waals surface area contributed by atoms with Crippen LogP contribution in [0.2, 0.25) is 0 Å². The van der Waals surface area contributed by atoms with Gasteiger partial charge in [0.05, 0.1) is 26.4 Å². The summed E-state index contributed by atoms with van der Waals surface area (Å²) < 4.78 is 60.6. The zero-order valence-corrected chi connectivity index (χ0v) is 54.9. The second-order valence-electron chi connectivity index (χ2n) is 20.8. The predicted molar refractivity (Wildman–Crippen MR) is 352 cm³/mol. The lowest BCUT2D eigenvalue weighted by atomic mass is 10.1. The molecule has 0 spiro atoms. The van der Waals surface area contributed by atoms with Gasteiger partial charge in [0.1, 0.15) is 25.4 Å². The third kappa shape index (κ3) is 62.8. The molecular weight excluding hydrogens is 1150 g/mol. The van der Waals surface area contributed by atoms with Crippen molar-refractivity contribution < 1.29 is 75.8 Å². The van der Waals surface area contributed by atoms with Crippen LogP contribution in [0.15, 0.2) is 146 Å². The standard InChI is InChI=1S/C69H112O16P2/c1-4-7-10-13-16-19-22-25-27-29-30-31-32-34-36-38-40-43-46-49-52-55-67(72)79-58-64(70)59-81-86(75,76)82-60-65(71)61-83-87(77,78)84-63-66(85-69(74)57-54-51-48-45-42-37-24-21-18-15-12-9-6-3)62-80-68(73)56-53-50-47-44-41-39-35-33-28-26-23-20-17-14-11-8-5-2/h7-8,10-11,16-17,19-21,24-28,30-31,34-36,39-40,43-44,47,64-66,70-71H,4-6,9,12-15,18,22-23,29,32-33,37-38,41-42,45-46,48-63H2,1-3H3,(H,75,76)(H,77,78)/b10-7-,11-8-,19-16-,20-17-,24-21-,27-25-,28-26-,31-30-,36-34-,39-35-,43-40-,47-44-. The fourth-order valence-electron chi connectivity index (χ4n) is 7.66. The van der Waals surface area contributed by atoms with Gasteiger partial charge >= 0.3 is 33.6 Å². The molecular formula is C69H112O16P2. The van der Waals surface area contributed by atoms with E-state index in [1.165, 1.54) is 25.7 Å². The first-order valence-electron chi connectivity index (χ1n) is 32.1. The van der Waals surface area contributed by atoms with Crippen LogP contribution in [0, 0.1) is 0 Å². The molecule has 0 aliphatic rings. The molecule has 0 aromatic heterocycles. The van der Waals surface area contributed by atoms with Crippen molar-refractivity contribution in [2.75, 3.05) is 39.6 Å². The average Bonchev–Trinajstić information content (AvgIpc) is 3.69. The fourth-order valence-corrected chi connectivity index (χ4v) is 9.24. The van der Waals surface area contributed by atoms with E-state index in [9.17, 15) is 43.5 Å². The molecule has 16 nitrogen and oxygen atoms in total. The number of hydrogen-bond acceptors (Lipinski definition) is 14. The van der Waals surface area contributed by atoms with Gasteiger partial charge < -0.3 is 34.2 Å². The van der Waals surface area contributed by atoms with Crippen molar-refractivity contribution in [1.29, 1.82) is 0 Å². The van der Waals surface area contributed by atoms with Crippen molar-refractivity contribution in [3.63, 3.8) is 0 Å². The highest BCUT2D eigenvalue weighted by atomic mass is 31.2. The lowest BCUT2D eigenvalue weighted by molar-refractivity contribution is -0.161. The second kappa shape index (κ2) is 61.7. The molecule has 0 fully saturated rings. The summed E-state index contributed by atoms with van der Waals surface area (Å²) in [7, 11) is -9.81. The Balaban J connectivity index is 4.75. The minimum Gasteiger partial charge on any atom is -0.463 e. The number of phosphoric ester groups is 2. The van der Waals surface area contributed by atoms with Gasteiger partial charge in [-0.1, -0.05) is 205 Å². The maximum Gasteiger partial charge on any atom is 0.472 e. The van der Waals surface area contributed by atoms with E-state index in [1.807, 2.05) is 12.2 Å². The molecule has 0 aromatic carbocycles. The van der Waals surface area contributed by atoms with Crippen molar-refractivity contribution in [3.8, 4) is 0 Å². The minimum atomic E-state index is -4.94. The van der Waals surface area contributed by atoms with Gasteiger partial charge in [0, 0.05) is 19.3 Å². The summed E-state index contributed by atoms with van der Waals surface area (Å²) in [5.74, 6) is -1.71. The number of esters is 3. The van der Waals surface area contributed by atoms with Crippen molar-refractivity contribution in [1.82, 2.24) is 0 Å². The zero-order chi connectivity index (χ0) is 63.8. The molecule has 0 radical (unpaired) electrons. The molecule has 0 bridgehead atoms. The Morgan fingerprint density at radius 1 is 0.333 bits per heavy atom. The molecule has 0 saturated carbocycles. The number of phosphoric acid groups is 2.